The zero-order valence-electron chi connectivity index (χ0n) is 12.6. The van der Waals surface area contributed by atoms with E-state index in [1.807, 2.05) is 11.8 Å². The Balaban J connectivity index is 1.30. The minimum Gasteiger partial charge on any atom is -0.351 e. The number of rotatable bonds is 7. The highest BCUT2D eigenvalue weighted by Gasteiger charge is 2.42. The number of carbonyl (C=O) groups is 2. The van der Waals surface area contributed by atoms with Gasteiger partial charge in [0.1, 0.15) is 0 Å². The molecule has 1 aromatic rings. The number of nitrogens with one attached hydrogen (secondary N) is 4. The summed E-state index contributed by atoms with van der Waals surface area (Å²) in [6, 6.07) is 1.94. The summed E-state index contributed by atoms with van der Waals surface area (Å²) in [5.41, 5.74) is -0.125. The number of fused-ring (bicyclic) bond motifs is 1. The summed E-state index contributed by atoms with van der Waals surface area (Å²) < 4.78 is 2.59. The van der Waals surface area contributed by atoms with E-state index in [-0.39, 0.29) is 29.6 Å². The van der Waals surface area contributed by atoms with E-state index in [1.165, 1.54) is 17.6 Å². The number of unbranched alkanes of at least 4 members (excludes halogenated alkanes) is 1. The molecule has 3 rings (SSSR count). The fourth-order valence-electron chi connectivity index (χ4n) is 2.96. The molecule has 0 unspecified atom stereocenters. The first-order valence-corrected chi connectivity index (χ1v) is 9.61. The molecular formula is C14H20N4O3S2. The first-order valence-electron chi connectivity index (χ1n) is 7.74. The molecule has 4 N–H and O–H groups in total. The van der Waals surface area contributed by atoms with Gasteiger partial charge in [0.15, 0.2) is 0 Å². The number of H-pyrrole nitrogens is 1. The monoisotopic (exact) mass is 356 g/mol. The minimum absolute atomic E-state index is 0.0126. The number of aromatic amines is 1. The lowest BCUT2D eigenvalue weighted by Crippen LogP contribution is -2.36. The summed E-state index contributed by atoms with van der Waals surface area (Å²) in [7, 11) is 0. The highest BCUT2D eigenvalue weighted by atomic mass is 32.2. The van der Waals surface area contributed by atoms with Gasteiger partial charge in [-0.25, -0.2) is 4.79 Å². The molecule has 0 saturated carbocycles. The van der Waals surface area contributed by atoms with Gasteiger partial charge in [-0.3, -0.25) is 14.0 Å². The van der Waals surface area contributed by atoms with Gasteiger partial charge in [-0.2, -0.15) is 11.8 Å². The SMILES string of the molecule is O=C(CCCC[C@@H]1SC[C@@H]2NC(=O)N[C@@H]21)NCc1cc(=O)[nH]s1. The van der Waals surface area contributed by atoms with Gasteiger partial charge >= 0.3 is 6.03 Å². The van der Waals surface area contributed by atoms with Crippen LogP contribution in [0.1, 0.15) is 30.6 Å². The summed E-state index contributed by atoms with van der Waals surface area (Å²) in [6.07, 6.45) is 3.32. The Morgan fingerprint density at radius 3 is 2.96 bits per heavy atom. The minimum atomic E-state index is -0.125. The topological polar surface area (TPSA) is 103 Å². The van der Waals surface area contributed by atoms with Gasteiger partial charge in [-0.15, -0.1) is 0 Å². The van der Waals surface area contributed by atoms with Crippen molar-refractivity contribution in [3.8, 4) is 0 Å². The smallest absolute Gasteiger partial charge is 0.315 e. The number of urea groups is 1. The van der Waals surface area contributed by atoms with Crippen LogP contribution < -0.4 is 21.5 Å². The van der Waals surface area contributed by atoms with E-state index in [1.54, 1.807) is 0 Å². The third-order valence-electron chi connectivity index (χ3n) is 4.12. The Morgan fingerprint density at radius 2 is 2.17 bits per heavy atom. The Kier molecular flexibility index (Phi) is 5.27. The summed E-state index contributed by atoms with van der Waals surface area (Å²) in [5.74, 6) is 0.979. The molecule has 23 heavy (non-hydrogen) atoms. The fourth-order valence-corrected chi connectivity index (χ4v) is 5.10. The molecule has 126 valence electrons. The average molecular weight is 356 g/mol. The summed E-state index contributed by atoms with van der Waals surface area (Å²) in [5, 5.41) is 9.18. The van der Waals surface area contributed by atoms with E-state index in [4.69, 9.17) is 0 Å². The Bertz CT molecular complexity index is 630. The van der Waals surface area contributed by atoms with Crippen LogP contribution in [0.25, 0.3) is 0 Å². The van der Waals surface area contributed by atoms with Gasteiger partial charge in [0.2, 0.25) is 5.91 Å². The largest absolute Gasteiger partial charge is 0.351 e. The normalized spacial score (nSPS) is 25.7. The zero-order chi connectivity index (χ0) is 16.2. The van der Waals surface area contributed by atoms with Crippen LogP contribution in [0.2, 0.25) is 0 Å². The maximum Gasteiger partial charge on any atom is 0.315 e. The van der Waals surface area contributed by atoms with Gasteiger partial charge in [0, 0.05) is 28.4 Å². The lowest BCUT2D eigenvalue weighted by Gasteiger charge is -2.16. The molecule has 0 aromatic carbocycles. The highest BCUT2D eigenvalue weighted by molar-refractivity contribution is 8.00. The van der Waals surface area contributed by atoms with Gasteiger partial charge < -0.3 is 16.0 Å². The van der Waals surface area contributed by atoms with Crippen molar-refractivity contribution in [3.05, 3.63) is 21.3 Å². The molecule has 3 atom stereocenters. The van der Waals surface area contributed by atoms with Crippen molar-refractivity contribution >= 4 is 35.2 Å². The van der Waals surface area contributed by atoms with Gasteiger partial charge in [0.25, 0.3) is 5.56 Å². The molecule has 2 aliphatic heterocycles. The Labute approximate surface area is 142 Å². The maximum absolute atomic E-state index is 11.8. The number of hydrogen-bond acceptors (Lipinski definition) is 5. The Hall–Kier alpha value is -1.48. The van der Waals surface area contributed by atoms with Crippen LogP contribution in [0.15, 0.2) is 10.9 Å². The first-order chi connectivity index (χ1) is 11.1. The Morgan fingerprint density at radius 1 is 1.30 bits per heavy atom. The molecule has 0 spiro atoms. The van der Waals surface area contributed by atoms with Crippen LogP contribution >= 0.6 is 23.3 Å². The van der Waals surface area contributed by atoms with E-state index >= 15 is 0 Å². The molecule has 9 heteroatoms. The van der Waals surface area contributed by atoms with Crippen LogP contribution in [-0.2, 0) is 11.3 Å². The van der Waals surface area contributed by atoms with Crippen LogP contribution in [0.4, 0.5) is 4.79 Å². The van der Waals surface area contributed by atoms with Crippen LogP contribution in [0.3, 0.4) is 0 Å². The molecule has 2 saturated heterocycles. The molecule has 2 aliphatic rings. The van der Waals surface area contributed by atoms with Crippen molar-refractivity contribution in [2.75, 3.05) is 5.75 Å². The van der Waals surface area contributed by atoms with Crippen LogP contribution in [0.5, 0.6) is 0 Å². The van der Waals surface area contributed by atoms with Crippen molar-refractivity contribution in [2.24, 2.45) is 0 Å². The lowest BCUT2D eigenvalue weighted by molar-refractivity contribution is -0.121. The van der Waals surface area contributed by atoms with E-state index in [0.29, 0.717) is 18.2 Å². The summed E-state index contributed by atoms with van der Waals surface area (Å²) in [4.78, 5) is 34.9. The number of hydrogen-bond donors (Lipinski definition) is 4. The van der Waals surface area contributed by atoms with Crippen LogP contribution in [0, 0.1) is 0 Å². The van der Waals surface area contributed by atoms with Gasteiger partial charge in [-0.05, 0) is 12.8 Å². The second kappa shape index (κ2) is 7.39. The standard InChI is InChI=1S/C14H20N4O3S2/c19-11(15-6-8-5-12(20)18-23-8)4-2-1-3-10-13-9(7-22-10)16-14(21)17-13/h5,9-10,13H,1-4,6-7H2,(H,15,19)(H,18,20)(H2,16,17,21)/t9-,10-,13-/m0/s1. The fraction of sp³-hybridized carbons (Fsp3) is 0.643. The lowest BCUT2D eigenvalue weighted by atomic mass is 10.0. The molecule has 3 heterocycles. The van der Waals surface area contributed by atoms with Crippen LogP contribution in [-0.4, -0.2) is 39.4 Å². The number of aromatic nitrogens is 1. The highest BCUT2D eigenvalue weighted by Crippen LogP contribution is 2.33. The average Bonchev–Trinajstić information content (AvgIpc) is 3.18. The molecule has 2 fully saturated rings. The molecule has 1 aromatic heterocycles. The molecular weight excluding hydrogens is 336 g/mol. The number of amides is 3. The van der Waals surface area contributed by atoms with Gasteiger partial charge in [0.05, 0.1) is 18.6 Å². The molecule has 0 bridgehead atoms. The molecule has 0 aliphatic carbocycles. The third-order valence-corrected chi connectivity index (χ3v) is 6.45. The van der Waals surface area contributed by atoms with Crippen molar-refractivity contribution in [1.82, 2.24) is 20.3 Å². The summed E-state index contributed by atoms with van der Waals surface area (Å²) in [6.45, 7) is 0.405. The predicted octanol–water partition coefficient (Wildman–Crippen LogP) is 0.778. The molecule has 3 amide bonds. The predicted molar refractivity (Wildman–Crippen MR) is 90.7 cm³/mol. The second-order valence-electron chi connectivity index (χ2n) is 5.82. The van der Waals surface area contributed by atoms with E-state index in [2.05, 4.69) is 20.3 Å². The summed E-state index contributed by atoms with van der Waals surface area (Å²) >= 11 is 3.15. The third kappa shape index (κ3) is 4.29. The molecule has 0 radical (unpaired) electrons. The second-order valence-corrected chi connectivity index (χ2v) is 8.03. The first kappa shape index (κ1) is 16.4. The van der Waals surface area contributed by atoms with Crippen molar-refractivity contribution in [3.63, 3.8) is 0 Å². The van der Waals surface area contributed by atoms with Crippen molar-refractivity contribution in [1.29, 1.82) is 0 Å². The van der Waals surface area contributed by atoms with Crippen molar-refractivity contribution in [2.45, 2.75) is 49.6 Å². The zero-order valence-corrected chi connectivity index (χ0v) is 14.2. The molecule has 7 nitrogen and oxygen atoms in total. The van der Waals surface area contributed by atoms with Gasteiger partial charge in [-0.1, -0.05) is 18.0 Å². The van der Waals surface area contributed by atoms with Crippen molar-refractivity contribution < 1.29 is 9.59 Å². The quantitative estimate of drug-likeness (QED) is 0.428. The van der Waals surface area contributed by atoms with E-state index < -0.39 is 0 Å². The van der Waals surface area contributed by atoms with E-state index in [0.717, 1.165) is 29.9 Å². The van der Waals surface area contributed by atoms with E-state index in [9.17, 15) is 14.4 Å². The maximum atomic E-state index is 11.8. The number of thioether (sulfide) groups is 1. The number of carbonyl (C=O) groups excluding carboxylic acids is 2.